The van der Waals surface area contributed by atoms with E-state index in [2.05, 4.69) is 30.6 Å². The Morgan fingerprint density at radius 2 is 1.80 bits per heavy atom. The predicted octanol–water partition coefficient (Wildman–Crippen LogP) is 5.24. The van der Waals surface area contributed by atoms with Crippen LogP contribution in [0.3, 0.4) is 0 Å². The quantitative estimate of drug-likeness (QED) is 0.349. The molecule has 0 aliphatic heterocycles. The highest BCUT2D eigenvalue weighted by molar-refractivity contribution is 7.17. The molecule has 9 heteroatoms. The van der Waals surface area contributed by atoms with Crippen molar-refractivity contribution >= 4 is 50.0 Å². The molecule has 5 aromatic rings. The van der Waals surface area contributed by atoms with Crippen molar-refractivity contribution in [2.75, 3.05) is 17.2 Å². The number of hydrogen-bond donors (Lipinski definition) is 3. The van der Waals surface area contributed by atoms with Crippen LogP contribution in [0.1, 0.15) is 5.56 Å². The van der Waals surface area contributed by atoms with Crippen LogP contribution in [0.15, 0.2) is 54.2 Å². The van der Waals surface area contributed by atoms with E-state index in [1.54, 1.807) is 17.7 Å². The molecule has 3 heterocycles. The molecule has 30 heavy (non-hydrogen) atoms. The number of rotatable bonds is 6. The number of thiophene rings is 1. The first kappa shape index (κ1) is 18.4. The second-order valence-corrected chi connectivity index (χ2v) is 7.64. The number of anilines is 3. The third kappa shape index (κ3) is 3.67. The monoisotopic (exact) mass is 422 g/mol. The Balaban J connectivity index is 1.22. The van der Waals surface area contributed by atoms with Crippen LogP contribution >= 0.6 is 11.3 Å². The maximum Gasteiger partial charge on any atom is 0.205 e. The molecular weight excluding hydrogens is 406 g/mol. The molecule has 0 amide bonds. The zero-order valence-corrected chi connectivity index (χ0v) is 16.4. The maximum absolute atomic E-state index is 13.3. The number of H-pyrrole nitrogens is 1. The molecule has 0 aliphatic carbocycles. The van der Waals surface area contributed by atoms with Gasteiger partial charge in [0.15, 0.2) is 11.6 Å². The molecule has 3 N–H and O–H groups in total. The van der Waals surface area contributed by atoms with Gasteiger partial charge < -0.3 is 15.6 Å². The van der Waals surface area contributed by atoms with Gasteiger partial charge in [0.05, 0.1) is 21.3 Å². The van der Waals surface area contributed by atoms with Crippen molar-refractivity contribution in [3.8, 4) is 0 Å². The van der Waals surface area contributed by atoms with E-state index < -0.39 is 11.6 Å². The summed E-state index contributed by atoms with van der Waals surface area (Å²) in [6, 6.07) is 12.1. The van der Waals surface area contributed by atoms with E-state index in [1.165, 1.54) is 5.56 Å². The molecule has 0 spiro atoms. The van der Waals surface area contributed by atoms with Gasteiger partial charge in [-0.15, -0.1) is 11.3 Å². The lowest BCUT2D eigenvalue weighted by Gasteiger charge is -2.07. The van der Waals surface area contributed by atoms with Crippen LogP contribution in [0.4, 0.5) is 26.2 Å². The molecule has 0 aliphatic rings. The Kier molecular flexibility index (Phi) is 4.72. The molecule has 150 valence electrons. The van der Waals surface area contributed by atoms with Crippen LogP contribution in [-0.4, -0.2) is 26.5 Å². The lowest BCUT2D eigenvalue weighted by atomic mass is 10.1. The van der Waals surface area contributed by atoms with E-state index >= 15 is 0 Å². The molecule has 3 aromatic heterocycles. The number of aromatic nitrogens is 4. The highest BCUT2D eigenvalue weighted by Gasteiger charge is 2.09. The first-order valence-electron chi connectivity index (χ1n) is 9.28. The van der Waals surface area contributed by atoms with Gasteiger partial charge in [-0.2, -0.15) is 0 Å². The van der Waals surface area contributed by atoms with Crippen molar-refractivity contribution < 1.29 is 8.78 Å². The number of halogens is 2. The van der Waals surface area contributed by atoms with Gasteiger partial charge in [-0.05, 0) is 35.6 Å². The van der Waals surface area contributed by atoms with Gasteiger partial charge in [-0.3, -0.25) is 0 Å². The van der Waals surface area contributed by atoms with Crippen LogP contribution < -0.4 is 10.6 Å². The summed E-state index contributed by atoms with van der Waals surface area (Å²) in [4.78, 5) is 15.7. The fraction of sp³-hybridized carbons (Fsp3) is 0.0952. The van der Waals surface area contributed by atoms with Gasteiger partial charge in [-0.1, -0.05) is 12.1 Å². The number of nitrogens with one attached hydrogen (secondary N) is 3. The minimum Gasteiger partial charge on any atom is -0.368 e. The number of nitrogens with zero attached hydrogens (tertiary/aromatic N) is 3. The average molecular weight is 422 g/mol. The molecule has 6 nitrogen and oxygen atoms in total. The van der Waals surface area contributed by atoms with Gasteiger partial charge in [0.25, 0.3) is 0 Å². The molecule has 2 aromatic carbocycles. The van der Waals surface area contributed by atoms with Gasteiger partial charge in [-0.25, -0.2) is 23.7 Å². The molecule has 0 atom stereocenters. The Hall–Kier alpha value is -3.59. The lowest BCUT2D eigenvalue weighted by Crippen LogP contribution is -2.06. The van der Waals surface area contributed by atoms with Crippen molar-refractivity contribution in [2.24, 2.45) is 0 Å². The summed E-state index contributed by atoms with van der Waals surface area (Å²) < 4.78 is 27.7. The lowest BCUT2D eigenvalue weighted by molar-refractivity contribution is 0.510. The minimum absolute atomic E-state index is 0.365. The molecule has 0 radical (unpaired) electrons. The zero-order valence-electron chi connectivity index (χ0n) is 15.6. The van der Waals surface area contributed by atoms with Crippen LogP contribution in [0.25, 0.3) is 21.3 Å². The molecular formula is C21H16F2N6S. The highest BCUT2D eigenvalue weighted by Crippen LogP contribution is 2.25. The van der Waals surface area contributed by atoms with Crippen LogP contribution in [0.5, 0.6) is 0 Å². The SMILES string of the molecule is Fc1cc2nc(Nc3ccc(CCNc4ncnc5ccsc45)cc3)[nH]c2cc1F. The topological polar surface area (TPSA) is 78.5 Å². The molecule has 0 saturated heterocycles. The second kappa shape index (κ2) is 7.68. The van der Waals surface area contributed by atoms with Crippen LogP contribution in [0.2, 0.25) is 0 Å². The summed E-state index contributed by atoms with van der Waals surface area (Å²) in [5, 5.41) is 8.49. The first-order chi connectivity index (χ1) is 14.7. The van der Waals surface area contributed by atoms with Gasteiger partial charge in [0, 0.05) is 24.4 Å². The summed E-state index contributed by atoms with van der Waals surface area (Å²) in [5.74, 6) is -0.545. The fourth-order valence-electron chi connectivity index (χ4n) is 3.20. The molecule has 0 fully saturated rings. The van der Waals surface area contributed by atoms with Crippen molar-refractivity contribution in [2.45, 2.75) is 6.42 Å². The summed E-state index contributed by atoms with van der Waals surface area (Å²) in [6.45, 7) is 0.748. The van der Waals surface area contributed by atoms with Gasteiger partial charge in [0.1, 0.15) is 12.1 Å². The van der Waals surface area contributed by atoms with E-state index in [0.717, 1.165) is 46.8 Å². The number of fused-ring (bicyclic) bond motifs is 2. The fourth-order valence-corrected chi connectivity index (χ4v) is 4.01. The van der Waals surface area contributed by atoms with Crippen LogP contribution in [0, 0.1) is 11.6 Å². The number of benzene rings is 2. The summed E-state index contributed by atoms with van der Waals surface area (Å²) in [7, 11) is 0. The molecule has 0 bridgehead atoms. The number of imidazole rings is 1. The predicted molar refractivity (Wildman–Crippen MR) is 115 cm³/mol. The highest BCUT2D eigenvalue weighted by atomic mass is 32.1. The second-order valence-electron chi connectivity index (χ2n) is 6.72. The summed E-state index contributed by atoms with van der Waals surface area (Å²) >= 11 is 1.62. The van der Waals surface area contributed by atoms with Gasteiger partial charge in [0.2, 0.25) is 5.95 Å². The van der Waals surface area contributed by atoms with E-state index in [4.69, 9.17) is 0 Å². The van der Waals surface area contributed by atoms with E-state index in [1.807, 2.05) is 35.7 Å². The number of aromatic amines is 1. The van der Waals surface area contributed by atoms with Gasteiger partial charge >= 0.3 is 0 Å². The first-order valence-corrected chi connectivity index (χ1v) is 10.2. The summed E-state index contributed by atoms with van der Waals surface area (Å²) in [5.41, 5.74) is 3.73. The Morgan fingerprint density at radius 1 is 0.967 bits per heavy atom. The number of hydrogen-bond acceptors (Lipinski definition) is 6. The van der Waals surface area contributed by atoms with Crippen molar-refractivity contribution in [3.05, 3.63) is 71.4 Å². The molecule has 0 unspecified atom stereocenters. The zero-order chi connectivity index (χ0) is 20.5. The standard InChI is InChI=1S/C21H16F2N6S/c22-14-9-17-18(10-15(14)23)29-21(28-17)27-13-3-1-12(2-4-13)5-7-24-20-19-16(6-8-30-19)25-11-26-20/h1-4,6,8-11H,5,7H2,(H,24,25,26)(H2,27,28,29). The molecule has 5 rings (SSSR count). The van der Waals surface area contributed by atoms with E-state index in [-0.39, 0.29) is 0 Å². The largest absolute Gasteiger partial charge is 0.368 e. The Bertz CT molecular complexity index is 1290. The van der Waals surface area contributed by atoms with Crippen LogP contribution in [-0.2, 0) is 6.42 Å². The average Bonchev–Trinajstić information content (AvgIpc) is 3.37. The smallest absolute Gasteiger partial charge is 0.205 e. The van der Waals surface area contributed by atoms with Crippen molar-refractivity contribution in [1.82, 2.24) is 19.9 Å². The normalized spacial score (nSPS) is 11.3. The van der Waals surface area contributed by atoms with E-state index in [9.17, 15) is 8.78 Å². The van der Waals surface area contributed by atoms with Crippen molar-refractivity contribution in [3.63, 3.8) is 0 Å². The van der Waals surface area contributed by atoms with Crippen molar-refractivity contribution in [1.29, 1.82) is 0 Å². The Labute approximate surface area is 174 Å². The third-order valence-corrected chi connectivity index (χ3v) is 5.60. The minimum atomic E-state index is -0.916. The van der Waals surface area contributed by atoms with E-state index in [0.29, 0.717) is 17.0 Å². The summed E-state index contributed by atoms with van der Waals surface area (Å²) in [6.07, 6.45) is 2.40. The maximum atomic E-state index is 13.3. The third-order valence-electron chi connectivity index (χ3n) is 4.69. The Morgan fingerprint density at radius 3 is 2.67 bits per heavy atom. The molecule has 0 saturated carbocycles.